The number of hydrogen-bond donors (Lipinski definition) is 1. The van der Waals surface area contributed by atoms with E-state index in [2.05, 4.69) is 18.7 Å². The van der Waals surface area contributed by atoms with Crippen LogP contribution >= 0.6 is 11.6 Å². The molecule has 1 unspecified atom stereocenters. The van der Waals surface area contributed by atoms with Gasteiger partial charge in [-0.05, 0) is 61.9 Å². The third kappa shape index (κ3) is 4.45. The number of hydrogen-bond acceptors (Lipinski definition) is 2. The summed E-state index contributed by atoms with van der Waals surface area (Å²) in [5.41, 5.74) is 1.27. The molecule has 1 aromatic rings. The fraction of sp³-hybridized carbons (Fsp3) is 0.588. The van der Waals surface area contributed by atoms with E-state index in [9.17, 15) is 4.79 Å². The van der Waals surface area contributed by atoms with Crippen molar-refractivity contribution in [2.24, 2.45) is 11.8 Å². The van der Waals surface area contributed by atoms with Crippen LogP contribution in [0, 0.1) is 11.8 Å². The average Bonchev–Trinajstić information content (AvgIpc) is 2.66. The van der Waals surface area contributed by atoms with Gasteiger partial charge in [0, 0.05) is 11.6 Å². The Bertz CT molecular complexity index is 502. The summed E-state index contributed by atoms with van der Waals surface area (Å²) in [6.07, 6.45) is 3.77. The number of benzene rings is 1. The molecule has 2 rings (SSSR count). The van der Waals surface area contributed by atoms with Gasteiger partial charge in [0.15, 0.2) is 0 Å². The van der Waals surface area contributed by atoms with Crippen LogP contribution in [0.2, 0.25) is 5.02 Å². The number of rotatable bonds is 4. The average molecular weight is 310 g/mol. The molecule has 0 aliphatic carbocycles. The largest absolute Gasteiger partial charge is 0.478 e. The van der Waals surface area contributed by atoms with Gasteiger partial charge in [0.1, 0.15) is 0 Å². The Morgan fingerprint density at radius 3 is 2.76 bits per heavy atom. The first-order valence-electron chi connectivity index (χ1n) is 7.71. The maximum Gasteiger partial charge on any atom is 0.335 e. The normalized spacial score (nSPS) is 20.5. The number of carboxylic acids is 1. The minimum Gasteiger partial charge on any atom is -0.478 e. The van der Waals surface area contributed by atoms with Crippen molar-refractivity contribution in [1.82, 2.24) is 4.90 Å². The van der Waals surface area contributed by atoms with Crippen LogP contribution in [0.25, 0.3) is 0 Å². The van der Waals surface area contributed by atoms with Crippen molar-refractivity contribution in [3.8, 4) is 0 Å². The zero-order chi connectivity index (χ0) is 15.4. The first-order valence-corrected chi connectivity index (χ1v) is 8.09. The Kier molecular flexibility index (Phi) is 5.65. The van der Waals surface area contributed by atoms with E-state index in [1.165, 1.54) is 19.3 Å². The van der Waals surface area contributed by atoms with Crippen LogP contribution in [0.15, 0.2) is 18.2 Å². The van der Waals surface area contributed by atoms with E-state index in [1.54, 1.807) is 12.1 Å². The molecule has 0 bridgehead atoms. The standard InChI is InChI=1S/C17H24ClNO2/c1-12(2)13-4-3-8-19(9-7-13)11-15-6-5-14(17(20)21)10-16(15)18/h5-6,10,12-13H,3-4,7-9,11H2,1-2H3,(H,20,21). The summed E-state index contributed by atoms with van der Waals surface area (Å²) in [4.78, 5) is 13.4. The van der Waals surface area contributed by atoms with Crippen molar-refractivity contribution in [2.75, 3.05) is 13.1 Å². The summed E-state index contributed by atoms with van der Waals surface area (Å²) in [5.74, 6) is 0.640. The molecule has 116 valence electrons. The van der Waals surface area contributed by atoms with Crippen LogP contribution < -0.4 is 0 Å². The zero-order valence-electron chi connectivity index (χ0n) is 12.8. The lowest BCUT2D eigenvalue weighted by atomic mass is 9.89. The second kappa shape index (κ2) is 7.28. The lowest BCUT2D eigenvalue weighted by Gasteiger charge is -2.22. The molecule has 0 amide bonds. The Labute approximate surface area is 131 Å². The van der Waals surface area contributed by atoms with Crippen molar-refractivity contribution in [3.63, 3.8) is 0 Å². The van der Waals surface area contributed by atoms with Gasteiger partial charge in [-0.2, -0.15) is 0 Å². The van der Waals surface area contributed by atoms with Gasteiger partial charge in [-0.1, -0.05) is 31.5 Å². The predicted molar refractivity (Wildman–Crippen MR) is 85.9 cm³/mol. The molecule has 21 heavy (non-hydrogen) atoms. The van der Waals surface area contributed by atoms with Crippen molar-refractivity contribution in [3.05, 3.63) is 34.3 Å². The van der Waals surface area contributed by atoms with Gasteiger partial charge in [-0.25, -0.2) is 4.79 Å². The molecular weight excluding hydrogens is 286 g/mol. The highest BCUT2D eigenvalue weighted by molar-refractivity contribution is 6.31. The maximum absolute atomic E-state index is 10.9. The number of aromatic carboxylic acids is 1. The predicted octanol–water partition coefficient (Wildman–Crippen LogP) is 4.30. The minimum atomic E-state index is -0.932. The van der Waals surface area contributed by atoms with Crippen LogP contribution in [-0.4, -0.2) is 29.1 Å². The van der Waals surface area contributed by atoms with Gasteiger partial charge in [0.2, 0.25) is 0 Å². The summed E-state index contributed by atoms with van der Waals surface area (Å²) in [6, 6.07) is 5.03. The number of nitrogens with zero attached hydrogens (tertiary/aromatic N) is 1. The molecule has 0 radical (unpaired) electrons. The van der Waals surface area contributed by atoms with Gasteiger partial charge in [0.05, 0.1) is 5.56 Å². The molecular formula is C17H24ClNO2. The molecule has 1 atom stereocenters. The van der Waals surface area contributed by atoms with E-state index in [4.69, 9.17) is 16.7 Å². The summed E-state index contributed by atoms with van der Waals surface area (Å²) in [5, 5.41) is 9.53. The van der Waals surface area contributed by atoms with Crippen LogP contribution in [-0.2, 0) is 6.54 Å². The Balaban J connectivity index is 2.00. The van der Waals surface area contributed by atoms with Crippen LogP contribution in [0.3, 0.4) is 0 Å². The van der Waals surface area contributed by atoms with E-state index >= 15 is 0 Å². The SMILES string of the molecule is CC(C)C1CCCN(Cc2ccc(C(=O)O)cc2Cl)CC1. The molecule has 1 heterocycles. The Hall–Kier alpha value is -1.06. The molecule has 4 heteroatoms. The first-order chi connectivity index (χ1) is 9.97. The molecule has 1 fully saturated rings. The molecule has 3 nitrogen and oxygen atoms in total. The molecule has 1 aromatic carbocycles. The number of halogens is 1. The number of carboxylic acid groups (broad SMARTS) is 1. The monoisotopic (exact) mass is 309 g/mol. The number of likely N-dealkylation sites (tertiary alicyclic amines) is 1. The lowest BCUT2D eigenvalue weighted by Crippen LogP contribution is -2.24. The topological polar surface area (TPSA) is 40.5 Å². The third-order valence-corrected chi connectivity index (χ3v) is 4.85. The fourth-order valence-electron chi connectivity index (χ4n) is 3.06. The Morgan fingerprint density at radius 1 is 1.38 bits per heavy atom. The molecule has 1 aliphatic rings. The van der Waals surface area contributed by atoms with Crippen molar-refractivity contribution in [2.45, 2.75) is 39.7 Å². The molecule has 0 aromatic heterocycles. The molecule has 1 aliphatic heterocycles. The lowest BCUT2D eigenvalue weighted by molar-refractivity contribution is 0.0697. The third-order valence-electron chi connectivity index (χ3n) is 4.50. The van der Waals surface area contributed by atoms with E-state index < -0.39 is 5.97 Å². The molecule has 0 spiro atoms. The summed E-state index contributed by atoms with van der Waals surface area (Å²) in [6.45, 7) is 7.62. The second-order valence-electron chi connectivity index (χ2n) is 6.32. The van der Waals surface area contributed by atoms with Crippen molar-refractivity contribution >= 4 is 17.6 Å². The van der Waals surface area contributed by atoms with E-state index in [0.29, 0.717) is 5.02 Å². The fourth-order valence-corrected chi connectivity index (χ4v) is 3.30. The van der Waals surface area contributed by atoms with Gasteiger partial charge in [0.25, 0.3) is 0 Å². The zero-order valence-corrected chi connectivity index (χ0v) is 13.6. The van der Waals surface area contributed by atoms with Crippen LogP contribution in [0.5, 0.6) is 0 Å². The molecule has 1 saturated heterocycles. The van der Waals surface area contributed by atoms with Crippen molar-refractivity contribution in [1.29, 1.82) is 0 Å². The summed E-state index contributed by atoms with van der Waals surface area (Å²) < 4.78 is 0. The Morgan fingerprint density at radius 2 is 2.14 bits per heavy atom. The van der Waals surface area contributed by atoms with E-state index in [1.807, 2.05) is 6.07 Å². The van der Waals surface area contributed by atoms with Gasteiger partial charge >= 0.3 is 5.97 Å². The highest BCUT2D eigenvalue weighted by Crippen LogP contribution is 2.26. The summed E-state index contributed by atoms with van der Waals surface area (Å²) in [7, 11) is 0. The summed E-state index contributed by atoms with van der Waals surface area (Å²) >= 11 is 6.22. The quantitative estimate of drug-likeness (QED) is 0.901. The first kappa shape index (κ1) is 16.3. The van der Waals surface area contributed by atoms with Crippen LogP contribution in [0.4, 0.5) is 0 Å². The van der Waals surface area contributed by atoms with Gasteiger partial charge < -0.3 is 5.11 Å². The smallest absolute Gasteiger partial charge is 0.335 e. The second-order valence-corrected chi connectivity index (χ2v) is 6.73. The molecule has 1 N–H and O–H groups in total. The van der Waals surface area contributed by atoms with Crippen LogP contribution in [0.1, 0.15) is 49.0 Å². The van der Waals surface area contributed by atoms with E-state index in [-0.39, 0.29) is 5.56 Å². The maximum atomic E-state index is 10.9. The van der Waals surface area contributed by atoms with Gasteiger partial charge in [-0.3, -0.25) is 4.90 Å². The van der Waals surface area contributed by atoms with Gasteiger partial charge in [-0.15, -0.1) is 0 Å². The number of carbonyl (C=O) groups is 1. The minimum absolute atomic E-state index is 0.250. The molecule has 0 saturated carbocycles. The van der Waals surface area contributed by atoms with Crippen molar-refractivity contribution < 1.29 is 9.90 Å². The van der Waals surface area contributed by atoms with E-state index in [0.717, 1.165) is 37.0 Å². The highest BCUT2D eigenvalue weighted by Gasteiger charge is 2.20. The highest BCUT2D eigenvalue weighted by atomic mass is 35.5.